The van der Waals surface area contributed by atoms with Crippen LogP contribution in [0.2, 0.25) is 0 Å². The maximum Gasteiger partial charge on any atom is 0.307 e. The van der Waals surface area contributed by atoms with Crippen LogP contribution in [0.4, 0.5) is 0 Å². The molecule has 0 bridgehead atoms. The maximum absolute atomic E-state index is 10.2. The SMILES string of the molecule is O=C(O)Cc1ccccc1.O=C(O)Cc1ccccc1.O=C(O)Cc1ccccc1.O=C([O-])Cc1ccccc1.[Th]. The Hall–Kier alpha value is -3.92. The van der Waals surface area contributed by atoms with E-state index in [4.69, 9.17) is 15.3 Å². The first-order valence-corrected chi connectivity index (χ1v) is 12.2. The fourth-order valence-electron chi connectivity index (χ4n) is 3.07. The molecule has 0 saturated carbocycles. The smallest absolute Gasteiger partial charge is 0.307 e. The Bertz CT molecular complexity index is 1080. The average molecular weight is 776 g/mol. The topological polar surface area (TPSA) is 152 Å². The number of carboxylic acids is 4. The summed E-state index contributed by atoms with van der Waals surface area (Å²) in [4.78, 5) is 40.6. The van der Waals surface area contributed by atoms with Crippen LogP contribution in [0.25, 0.3) is 0 Å². The molecule has 8 nitrogen and oxygen atoms in total. The zero-order chi connectivity index (χ0) is 29.6. The third-order valence-electron chi connectivity index (χ3n) is 4.79. The molecule has 41 heavy (non-hydrogen) atoms. The quantitative estimate of drug-likeness (QED) is 0.244. The van der Waals surface area contributed by atoms with Gasteiger partial charge < -0.3 is 25.2 Å². The van der Waals surface area contributed by atoms with Crippen molar-refractivity contribution >= 4 is 23.9 Å². The van der Waals surface area contributed by atoms with Gasteiger partial charge >= 0.3 is 17.9 Å². The van der Waals surface area contributed by atoms with Crippen LogP contribution in [0, 0.1) is 39.9 Å². The van der Waals surface area contributed by atoms with Gasteiger partial charge in [0.1, 0.15) is 0 Å². The molecule has 4 rings (SSSR count). The van der Waals surface area contributed by atoms with Gasteiger partial charge in [-0.05, 0) is 22.3 Å². The Labute approximate surface area is 271 Å². The van der Waals surface area contributed by atoms with E-state index in [1.54, 1.807) is 60.7 Å². The summed E-state index contributed by atoms with van der Waals surface area (Å²) < 4.78 is 0. The minimum Gasteiger partial charge on any atom is -0.550 e. The molecule has 4 aromatic carbocycles. The Kier molecular flexibility index (Phi) is 20.7. The van der Waals surface area contributed by atoms with Crippen LogP contribution in [-0.2, 0) is 44.9 Å². The van der Waals surface area contributed by atoms with Gasteiger partial charge in [-0.15, -0.1) is 0 Å². The van der Waals surface area contributed by atoms with E-state index in [0.29, 0.717) is 0 Å². The zero-order valence-electron chi connectivity index (χ0n) is 22.3. The monoisotopic (exact) mass is 775 g/mol. The molecule has 0 saturated heterocycles. The Morgan fingerprint density at radius 1 is 0.415 bits per heavy atom. The Balaban J connectivity index is 0.000000516. The molecule has 0 aliphatic carbocycles. The molecule has 9 heteroatoms. The molecule has 0 unspecified atom stereocenters. The van der Waals surface area contributed by atoms with Crippen LogP contribution in [0.5, 0.6) is 0 Å². The van der Waals surface area contributed by atoms with Crippen LogP contribution >= 0.6 is 0 Å². The van der Waals surface area contributed by atoms with Crippen molar-refractivity contribution in [1.29, 1.82) is 0 Å². The molecule has 0 aliphatic rings. The van der Waals surface area contributed by atoms with E-state index in [1.807, 2.05) is 60.7 Å². The van der Waals surface area contributed by atoms with E-state index in [1.165, 1.54) is 0 Å². The van der Waals surface area contributed by atoms with E-state index in [0.717, 1.165) is 22.3 Å². The van der Waals surface area contributed by atoms with Gasteiger partial charge in [-0.25, -0.2) is 0 Å². The molecule has 4 aromatic rings. The molecule has 0 spiro atoms. The molecule has 0 atom stereocenters. The molecule has 0 aromatic heterocycles. The minimum absolute atomic E-state index is 0. The van der Waals surface area contributed by atoms with Crippen LogP contribution in [0.1, 0.15) is 22.3 Å². The summed E-state index contributed by atoms with van der Waals surface area (Å²) in [6.45, 7) is 0. The fourth-order valence-corrected chi connectivity index (χ4v) is 3.07. The van der Waals surface area contributed by atoms with E-state index < -0.39 is 23.9 Å². The molecule has 0 fully saturated rings. The normalized spacial score (nSPS) is 8.98. The molecule has 0 amide bonds. The van der Waals surface area contributed by atoms with E-state index in [9.17, 15) is 24.3 Å². The summed E-state index contributed by atoms with van der Waals surface area (Å²) in [6, 6.07) is 36.4. The number of carbonyl (C=O) groups is 4. The maximum atomic E-state index is 10.2. The number of hydrogen-bond donors (Lipinski definition) is 3. The van der Waals surface area contributed by atoms with Gasteiger partial charge in [0.05, 0.1) is 19.3 Å². The summed E-state index contributed by atoms with van der Waals surface area (Å²) >= 11 is 0. The van der Waals surface area contributed by atoms with Crippen molar-refractivity contribution in [1.82, 2.24) is 0 Å². The van der Waals surface area contributed by atoms with Gasteiger partial charge in [0.15, 0.2) is 0 Å². The van der Waals surface area contributed by atoms with Crippen molar-refractivity contribution in [2.45, 2.75) is 25.7 Å². The summed E-state index contributed by atoms with van der Waals surface area (Å²) in [5.74, 6) is -3.39. The molecular formula is C32H31O8Th-. The number of hydrogen-bond acceptors (Lipinski definition) is 5. The summed E-state index contributed by atoms with van der Waals surface area (Å²) in [5.41, 5.74) is 3.31. The van der Waals surface area contributed by atoms with Crippen molar-refractivity contribution in [3.8, 4) is 0 Å². The van der Waals surface area contributed by atoms with Gasteiger partial charge in [-0.3, -0.25) is 14.4 Å². The number of carboxylic acid groups (broad SMARTS) is 4. The summed E-state index contributed by atoms with van der Waals surface area (Å²) in [7, 11) is 0. The number of benzene rings is 4. The van der Waals surface area contributed by atoms with Crippen molar-refractivity contribution in [3.63, 3.8) is 0 Å². The molecule has 0 radical (unpaired) electrons. The van der Waals surface area contributed by atoms with Gasteiger partial charge in [0.25, 0.3) is 0 Å². The fraction of sp³-hybridized carbons (Fsp3) is 0.125. The van der Waals surface area contributed by atoms with Gasteiger partial charge in [-0.2, -0.15) is 0 Å². The zero-order valence-corrected chi connectivity index (χ0v) is 26.4. The van der Waals surface area contributed by atoms with E-state index in [-0.39, 0.29) is 65.6 Å². The van der Waals surface area contributed by atoms with E-state index in [2.05, 4.69) is 0 Å². The second-order valence-electron chi connectivity index (χ2n) is 8.20. The predicted octanol–water partition coefficient (Wildman–Crippen LogP) is 3.92. The van der Waals surface area contributed by atoms with Gasteiger partial charge in [0, 0.05) is 52.3 Å². The van der Waals surface area contributed by atoms with Crippen LogP contribution in [0.15, 0.2) is 121 Å². The number of carbonyl (C=O) groups excluding carboxylic acids is 1. The Morgan fingerprint density at radius 2 is 0.610 bits per heavy atom. The Morgan fingerprint density at radius 3 is 0.780 bits per heavy atom. The second kappa shape index (κ2) is 22.9. The van der Waals surface area contributed by atoms with E-state index >= 15 is 0 Å². The average Bonchev–Trinajstić information content (AvgIpc) is 2.91. The summed E-state index contributed by atoms with van der Waals surface area (Å²) in [6.07, 6.45) is 0.337. The minimum atomic E-state index is -1.04. The molecule has 0 aliphatic heterocycles. The van der Waals surface area contributed by atoms with Crippen LogP contribution in [-0.4, -0.2) is 39.2 Å². The van der Waals surface area contributed by atoms with Crippen molar-refractivity contribution < 1.29 is 79.5 Å². The number of aliphatic carboxylic acids is 4. The van der Waals surface area contributed by atoms with Crippen molar-refractivity contribution in [2.75, 3.05) is 0 Å². The second-order valence-corrected chi connectivity index (χ2v) is 8.20. The van der Waals surface area contributed by atoms with Crippen molar-refractivity contribution in [2.24, 2.45) is 0 Å². The van der Waals surface area contributed by atoms with Crippen molar-refractivity contribution in [3.05, 3.63) is 144 Å². The molecule has 212 valence electrons. The number of rotatable bonds is 8. The third kappa shape index (κ3) is 21.6. The molecular weight excluding hydrogens is 744 g/mol. The first kappa shape index (κ1) is 37.1. The predicted molar refractivity (Wildman–Crippen MR) is 148 cm³/mol. The largest absolute Gasteiger partial charge is 0.550 e. The molecule has 3 N–H and O–H groups in total. The standard InChI is InChI=1S/4C8H8O2.Th/c4*9-8(10)6-7-4-2-1-3-5-7;/h4*1-5H,6H2,(H,9,10);/p-1. The van der Waals surface area contributed by atoms with Crippen LogP contribution in [0.3, 0.4) is 0 Å². The van der Waals surface area contributed by atoms with Crippen LogP contribution < -0.4 is 5.11 Å². The first-order chi connectivity index (χ1) is 19.2. The summed E-state index contributed by atoms with van der Waals surface area (Å²) in [5, 5.41) is 35.2. The van der Waals surface area contributed by atoms with Gasteiger partial charge in [-0.1, -0.05) is 121 Å². The molecule has 0 heterocycles. The third-order valence-corrected chi connectivity index (χ3v) is 4.79. The van der Waals surface area contributed by atoms with Gasteiger partial charge in [0.2, 0.25) is 0 Å². The first-order valence-electron chi connectivity index (χ1n) is 12.2.